The van der Waals surface area contributed by atoms with E-state index in [1.54, 1.807) is 7.11 Å². The largest absolute Gasteiger partial charge is 0.396 e. The number of methoxy groups -OCH3 is 1. The van der Waals surface area contributed by atoms with Gasteiger partial charge in [0.05, 0.1) is 37.6 Å². The summed E-state index contributed by atoms with van der Waals surface area (Å²) in [4.78, 5) is 0. The first-order chi connectivity index (χ1) is 31.5. The van der Waals surface area contributed by atoms with Crippen LogP contribution in [0.4, 0.5) is 0 Å². The molecule has 28 atom stereocenters. The van der Waals surface area contributed by atoms with Crippen LogP contribution in [0.15, 0.2) is 11.6 Å². The van der Waals surface area contributed by atoms with Gasteiger partial charge in [0.1, 0.15) is 67.1 Å². The maximum absolute atomic E-state index is 11.8. The Balaban J connectivity index is 0.953. The molecule has 0 bridgehead atoms. The number of fused-ring (bicyclic) bond motifs is 2. The molecular weight excluding hydrogens is 877 g/mol. The minimum absolute atomic E-state index is 0.00995. The van der Waals surface area contributed by atoms with Gasteiger partial charge >= 0.3 is 0 Å². The topological polar surface area (TPSA) is 276 Å². The van der Waals surface area contributed by atoms with Crippen LogP contribution in [0.2, 0.25) is 0 Å². The lowest BCUT2D eigenvalue weighted by Gasteiger charge is -2.64. The van der Waals surface area contributed by atoms with Gasteiger partial charge in [0.15, 0.2) is 25.2 Å². The molecule has 0 aromatic carbocycles. The molecule has 9 fully saturated rings. The van der Waals surface area contributed by atoms with Gasteiger partial charge in [-0.3, -0.25) is 0 Å². The highest BCUT2D eigenvalue weighted by molar-refractivity contribution is 5.31. The minimum atomic E-state index is -1.75. The first kappa shape index (κ1) is 50.9. The normalized spacial score (nSPS) is 58.3. The van der Waals surface area contributed by atoms with E-state index in [1.165, 1.54) is 13.8 Å². The molecule has 0 amide bonds. The third-order valence-electron chi connectivity index (χ3n) is 20.1. The van der Waals surface area contributed by atoms with E-state index in [1.807, 2.05) is 19.9 Å². The van der Waals surface area contributed by atoms with Crippen molar-refractivity contribution in [2.75, 3.05) is 20.3 Å². The summed E-state index contributed by atoms with van der Waals surface area (Å²) in [6.45, 7) is 13.4. The van der Waals surface area contributed by atoms with Crippen molar-refractivity contribution in [3.8, 4) is 0 Å². The van der Waals surface area contributed by atoms with Crippen LogP contribution in [0.1, 0.15) is 106 Å². The Labute approximate surface area is 393 Å². The van der Waals surface area contributed by atoms with Gasteiger partial charge in [0.25, 0.3) is 0 Å². The summed E-state index contributed by atoms with van der Waals surface area (Å²) in [7, 11) is 1.67. The Morgan fingerprint density at radius 3 is 1.87 bits per heavy atom. The fraction of sp³-hybridized carbons (Fsp3) is 0.959. The Hall–Kier alpha value is -0.980. The summed E-state index contributed by atoms with van der Waals surface area (Å²) in [6, 6.07) is 0. The van der Waals surface area contributed by atoms with Crippen molar-refractivity contribution in [2.24, 2.45) is 50.7 Å². The molecule has 2 spiro atoms. The molecule has 0 aromatic rings. The molecule has 4 aliphatic heterocycles. The number of ether oxygens (including phenoxy) is 8. The Morgan fingerprint density at radius 1 is 0.597 bits per heavy atom. The number of aliphatic hydroxyl groups excluding tert-OH is 10. The smallest absolute Gasteiger partial charge is 0.187 e. The van der Waals surface area contributed by atoms with E-state index in [4.69, 9.17) is 37.9 Å². The number of allylic oxidation sites excluding steroid dienone is 1. The monoisotopic (exact) mass is 957 g/mol. The highest BCUT2D eigenvalue weighted by atomic mass is 16.8. The summed E-state index contributed by atoms with van der Waals surface area (Å²) in [5.41, 5.74) is 0.314. The number of rotatable bonds is 11. The van der Waals surface area contributed by atoms with E-state index in [2.05, 4.69) is 20.8 Å². The van der Waals surface area contributed by atoms with Crippen molar-refractivity contribution in [1.29, 1.82) is 0 Å². The Bertz CT molecular complexity index is 1800. The zero-order chi connectivity index (χ0) is 48.5. The van der Waals surface area contributed by atoms with Gasteiger partial charge < -0.3 is 89.0 Å². The van der Waals surface area contributed by atoms with Gasteiger partial charge in [-0.05, 0) is 125 Å². The molecule has 0 aromatic heterocycles. The van der Waals surface area contributed by atoms with Gasteiger partial charge in [-0.15, -0.1) is 0 Å². The SMILES string of the molecule is CO[C@H]1O[C@H](C=C(C)C)[C@H](O)[C@@H]1[C@H]1CC[C@@]2(C)[C@@H]3CC[C@H]4[C@@](C)(CO)[C@@H](O[C@@H]5O[C@H](CO[C@@H]6O[C@@H](C)[C@H](O)[C@@H](O)[C@H]6O)[C@@H](O)[C@H](O)[C@H]5O[C@@H]5O[C@@H](C)[C@H](O)[C@@H](O)[C@H]5O)CC[C@@]45C[C@@]35CC[C@]12C. The van der Waals surface area contributed by atoms with E-state index in [-0.39, 0.29) is 46.0 Å². The highest BCUT2D eigenvalue weighted by Crippen LogP contribution is 2.89. The Morgan fingerprint density at radius 2 is 1.22 bits per heavy atom. The summed E-state index contributed by atoms with van der Waals surface area (Å²) < 4.78 is 48.9. The maximum Gasteiger partial charge on any atom is 0.187 e. The predicted molar refractivity (Wildman–Crippen MR) is 234 cm³/mol. The average molecular weight is 957 g/mol. The minimum Gasteiger partial charge on any atom is -0.396 e. The van der Waals surface area contributed by atoms with Crippen molar-refractivity contribution >= 4 is 0 Å². The predicted octanol–water partition coefficient (Wildman–Crippen LogP) is 0.601. The second kappa shape index (κ2) is 18.2. The van der Waals surface area contributed by atoms with Gasteiger partial charge in [-0.2, -0.15) is 0 Å². The third kappa shape index (κ3) is 7.71. The molecule has 384 valence electrons. The fourth-order valence-electron chi connectivity index (χ4n) is 16.2. The van der Waals surface area contributed by atoms with Gasteiger partial charge in [0.2, 0.25) is 0 Å². The van der Waals surface area contributed by atoms with Crippen molar-refractivity contribution in [3.63, 3.8) is 0 Å². The van der Waals surface area contributed by atoms with Gasteiger partial charge in [0, 0.05) is 18.4 Å². The van der Waals surface area contributed by atoms with Crippen LogP contribution >= 0.6 is 0 Å². The van der Waals surface area contributed by atoms with E-state index < -0.39 is 129 Å². The third-order valence-corrected chi connectivity index (χ3v) is 20.1. The first-order valence-corrected chi connectivity index (χ1v) is 25.0. The molecule has 5 saturated carbocycles. The second-order valence-corrected chi connectivity index (χ2v) is 23.3. The highest BCUT2D eigenvalue weighted by Gasteiger charge is 2.83. The summed E-state index contributed by atoms with van der Waals surface area (Å²) in [6.07, 6.45) is -13.7. The summed E-state index contributed by atoms with van der Waals surface area (Å²) in [5.74, 6) is 0.597. The van der Waals surface area contributed by atoms with Crippen LogP contribution in [-0.4, -0.2) is 188 Å². The summed E-state index contributed by atoms with van der Waals surface area (Å²) >= 11 is 0. The zero-order valence-electron chi connectivity index (χ0n) is 40.4. The molecule has 9 aliphatic rings. The molecule has 18 nitrogen and oxygen atoms in total. The van der Waals surface area contributed by atoms with E-state index in [9.17, 15) is 51.1 Å². The molecule has 10 N–H and O–H groups in total. The van der Waals surface area contributed by atoms with Gasteiger partial charge in [-0.1, -0.05) is 32.4 Å². The zero-order valence-corrected chi connectivity index (χ0v) is 40.4. The van der Waals surface area contributed by atoms with Crippen molar-refractivity contribution in [2.45, 2.75) is 223 Å². The molecular formula is C49H80O18. The standard InChI is InChI=1S/C49H80O18/c1-21(2)17-25-33(53)30(41(60-8)64-25)24-11-13-47(7)28-10-9-27-45(5,20-50)29(12-14-48(27)19-49(28,48)16-15-46(24,47)6)66-44-40(67-43-39(59)36(56)32(52)23(4)63-43)37(57)34(54)26(65-44)18-61-42-38(58)35(55)31(51)22(3)62-42/h17,22-44,50-59H,9-16,18-20H2,1-8H3/t22-,23-,24+,25+,26+,27-,28-,29-,30-,31-,32-,33-,34+,35+,36+,37-,38+,39+,40+,41-,42+,43-,44-,45+,46+,47-,48+,49-/m0/s1. The molecule has 0 unspecified atom stereocenters. The molecule has 4 saturated heterocycles. The lowest BCUT2D eigenvalue weighted by molar-refractivity contribution is -0.380. The molecule has 4 heterocycles. The molecule has 0 radical (unpaired) electrons. The number of hydrogen-bond acceptors (Lipinski definition) is 18. The number of aliphatic hydroxyl groups is 10. The lowest BCUT2D eigenvalue weighted by atomic mass is 9.41. The fourth-order valence-corrected chi connectivity index (χ4v) is 16.2. The summed E-state index contributed by atoms with van der Waals surface area (Å²) in [5, 5.41) is 110. The van der Waals surface area contributed by atoms with Crippen LogP contribution in [0.25, 0.3) is 0 Å². The van der Waals surface area contributed by atoms with E-state index >= 15 is 0 Å². The van der Waals surface area contributed by atoms with Crippen LogP contribution in [-0.2, 0) is 37.9 Å². The molecule has 67 heavy (non-hydrogen) atoms. The van der Waals surface area contributed by atoms with Crippen molar-refractivity contribution in [3.05, 3.63) is 11.6 Å². The first-order valence-electron chi connectivity index (χ1n) is 25.0. The van der Waals surface area contributed by atoms with Crippen LogP contribution in [0.3, 0.4) is 0 Å². The van der Waals surface area contributed by atoms with Crippen LogP contribution < -0.4 is 0 Å². The van der Waals surface area contributed by atoms with Crippen LogP contribution in [0.5, 0.6) is 0 Å². The van der Waals surface area contributed by atoms with Crippen molar-refractivity contribution < 1.29 is 89.0 Å². The molecule has 9 rings (SSSR count). The lowest BCUT2D eigenvalue weighted by Crippen LogP contribution is -2.66. The van der Waals surface area contributed by atoms with Gasteiger partial charge in [-0.25, -0.2) is 0 Å². The quantitative estimate of drug-likeness (QED) is 0.100. The number of hydrogen-bond donors (Lipinski definition) is 10. The average Bonchev–Trinajstić information content (AvgIpc) is 3.76. The molecule has 5 aliphatic carbocycles. The van der Waals surface area contributed by atoms with E-state index in [0.717, 1.165) is 56.9 Å². The second-order valence-electron chi connectivity index (χ2n) is 23.3. The Kier molecular flexibility index (Phi) is 13.8. The maximum atomic E-state index is 11.8. The van der Waals surface area contributed by atoms with Crippen molar-refractivity contribution in [1.82, 2.24) is 0 Å². The van der Waals surface area contributed by atoms with E-state index in [0.29, 0.717) is 12.3 Å². The van der Waals surface area contributed by atoms with Crippen LogP contribution in [0, 0.1) is 50.7 Å². The molecule has 18 heteroatoms.